The third-order valence-corrected chi connectivity index (χ3v) is 3.75. The first-order chi connectivity index (χ1) is 8.69. The first-order valence-electron chi connectivity index (χ1n) is 5.33. The molecule has 0 saturated heterocycles. The fourth-order valence-electron chi connectivity index (χ4n) is 1.27. The van der Waals surface area contributed by atoms with Crippen LogP contribution in [-0.4, -0.2) is 16.7 Å². The summed E-state index contributed by atoms with van der Waals surface area (Å²) >= 11 is 10.7. The van der Waals surface area contributed by atoms with Gasteiger partial charge in [0.1, 0.15) is 12.4 Å². The van der Waals surface area contributed by atoms with Gasteiger partial charge in [0.25, 0.3) is 0 Å². The van der Waals surface area contributed by atoms with Crippen LogP contribution < -0.4 is 10.1 Å². The van der Waals surface area contributed by atoms with Gasteiger partial charge in [0.2, 0.25) is 5.13 Å². The van der Waals surface area contributed by atoms with Crippen LogP contribution in [0.5, 0.6) is 5.75 Å². The summed E-state index contributed by atoms with van der Waals surface area (Å²) in [6.45, 7) is 3.24. The molecule has 0 atom stereocenters. The van der Waals surface area contributed by atoms with Crippen molar-refractivity contribution < 1.29 is 4.74 Å². The lowest BCUT2D eigenvalue weighted by Crippen LogP contribution is -1.95. The highest BCUT2D eigenvalue weighted by molar-refractivity contribution is 9.10. The second-order valence-corrected chi connectivity index (χ2v) is 5.75. The average molecular weight is 349 g/mol. The number of anilines is 1. The summed E-state index contributed by atoms with van der Waals surface area (Å²) < 4.78 is 6.47. The lowest BCUT2D eigenvalue weighted by atomic mass is 10.3. The minimum Gasteiger partial charge on any atom is -0.485 e. The Balaban J connectivity index is 1.97. The predicted molar refractivity (Wildman–Crippen MR) is 77.6 cm³/mol. The molecular weight excluding hydrogens is 338 g/mol. The highest BCUT2D eigenvalue weighted by Gasteiger charge is 2.06. The van der Waals surface area contributed by atoms with E-state index in [1.54, 1.807) is 12.1 Å². The summed E-state index contributed by atoms with van der Waals surface area (Å²) in [5.41, 5.74) is 0. The SMILES string of the molecule is CCNc1nnc(COc2ccc(Cl)cc2Br)s1. The van der Waals surface area contributed by atoms with Gasteiger partial charge in [-0.2, -0.15) is 0 Å². The Morgan fingerprint density at radius 3 is 3.00 bits per heavy atom. The maximum absolute atomic E-state index is 5.86. The van der Waals surface area contributed by atoms with E-state index in [2.05, 4.69) is 31.4 Å². The van der Waals surface area contributed by atoms with E-state index >= 15 is 0 Å². The van der Waals surface area contributed by atoms with E-state index in [9.17, 15) is 0 Å². The number of nitrogens with one attached hydrogen (secondary N) is 1. The molecule has 0 aliphatic carbocycles. The Hall–Kier alpha value is -0.850. The molecule has 1 heterocycles. The Kier molecular flexibility index (Phi) is 4.79. The van der Waals surface area contributed by atoms with Gasteiger partial charge in [-0.25, -0.2) is 0 Å². The van der Waals surface area contributed by atoms with Crippen LogP contribution in [0.1, 0.15) is 11.9 Å². The molecule has 18 heavy (non-hydrogen) atoms. The third-order valence-electron chi connectivity index (χ3n) is 2.04. The highest BCUT2D eigenvalue weighted by Crippen LogP contribution is 2.29. The van der Waals surface area contributed by atoms with Gasteiger partial charge in [-0.05, 0) is 41.1 Å². The molecule has 0 bridgehead atoms. The molecular formula is C11H11BrClN3OS. The zero-order chi connectivity index (χ0) is 13.0. The van der Waals surface area contributed by atoms with Crippen LogP contribution in [0.2, 0.25) is 5.02 Å². The molecule has 0 radical (unpaired) electrons. The second kappa shape index (κ2) is 6.36. The molecule has 0 unspecified atom stereocenters. The van der Waals surface area contributed by atoms with Crippen molar-refractivity contribution in [1.82, 2.24) is 10.2 Å². The number of hydrogen-bond acceptors (Lipinski definition) is 5. The molecule has 1 aromatic carbocycles. The number of rotatable bonds is 5. The number of benzene rings is 1. The van der Waals surface area contributed by atoms with Gasteiger partial charge in [0.15, 0.2) is 5.01 Å². The van der Waals surface area contributed by atoms with E-state index < -0.39 is 0 Å². The van der Waals surface area contributed by atoms with Gasteiger partial charge in [-0.15, -0.1) is 10.2 Å². The van der Waals surface area contributed by atoms with Crippen LogP contribution in [0.3, 0.4) is 0 Å². The van der Waals surface area contributed by atoms with Gasteiger partial charge in [-0.1, -0.05) is 22.9 Å². The van der Waals surface area contributed by atoms with Crippen molar-refractivity contribution in [3.05, 3.63) is 32.7 Å². The smallest absolute Gasteiger partial charge is 0.205 e. The molecule has 2 rings (SSSR count). The number of aromatic nitrogens is 2. The van der Waals surface area contributed by atoms with Crippen LogP contribution in [-0.2, 0) is 6.61 Å². The van der Waals surface area contributed by atoms with Gasteiger partial charge in [0, 0.05) is 11.6 Å². The Labute approximate surface area is 122 Å². The molecule has 0 fully saturated rings. The van der Waals surface area contributed by atoms with Crippen molar-refractivity contribution in [2.75, 3.05) is 11.9 Å². The third kappa shape index (κ3) is 3.57. The molecule has 2 aromatic rings. The molecule has 0 amide bonds. The van der Waals surface area contributed by atoms with Crippen molar-refractivity contribution in [3.8, 4) is 5.75 Å². The number of hydrogen-bond donors (Lipinski definition) is 1. The van der Waals surface area contributed by atoms with Crippen LogP contribution >= 0.6 is 38.9 Å². The monoisotopic (exact) mass is 347 g/mol. The van der Waals surface area contributed by atoms with Crippen molar-refractivity contribution in [2.45, 2.75) is 13.5 Å². The fraction of sp³-hybridized carbons (Fsp3) is 0.273. The quantitative estimate of drug-likeness (QED) is 0.888. The van der Waals surface area contributed by atoms with Crippen molar-refractivity contribution >= 4 is 44.0 Å². The average Bonchev–Trinajstić information content (AvgIpc) is 2.76. The second-order valence-electron chi connectivity index (χ2n) is 3.39. The van der Waals surface area contributed by atoms with Crippen LogP contribution in [0.25, 0.3) is 0 Å². The minimum absolute atomic E-state index is 0.392. The molecule has 96 valence electrons. The molecule has 7 heteroatoms. The van der Waals surface area contributed by atoms with Crippen molar-refractivity contribution in [3.63, 3.8) is 0 Å². The van der Waals surface area contributed by atoms with Crippen molar-refractivity contribution in [1.29, 1.82) is 0 Å². The Morgan fingerprint density at radius 1 is 1.44 bits per heavy atom. The van der Waals surface area contributed by atoms with Crippen LogP contribution in [0.4, 0.5) is 5.13 Å². The van der Waals surface area contributed by atoms with E-state index in [-0.39, 0.29) is 0 Å². The first-order valence-corrected chi connectivity index (χ1v) is 7.32. The molecule has 1 N–H and O–H groups in total. The van der Waals surface area contributed by atoms with Crippen molar-refractivity contribution in [2.24, 2.45) is 0 Å². The molecule has 1 aromatic heterocycles. The summed E-state index contributed by atoms with van der Waals surface area (Å²) in [7, 11) is 0. The Morgan fingerprint density at radius 2 is 2.28 bits per heavy atom. The zero-order valence-corrected chi connectivity index (χ0v) is 12.8. The molecule has 0 aliphatic heterocycles. The molecule has 0 aliphatic rings. The molecule has 0 spiro atoms. The predicted octanol–water partition coefficient (Wildman–Crippen LogP) is 3.96. The highest BCUT2D eigenvalue weighted by atomic mass is 79.9. The van der Waals surface area contributed by atoms with Gasteiger partial charge in [0.05, 0.1) is 4.47 Å². The summed E-state index contributed by atoms with van der Waals surface area (Å²) in [4.78, 5) is 0. The normalized spacial score (nSPS) is 10.4. The largest absolute Gasteiger partial charge is 0.485 e. The number of ether oxygens (including phenoxy) is 1. The van der Waals surface area contributed by atoms with Crippen LogP contribution in [0.15, 0.2) is 22.7 Å². The first kappa shape index (κ1) is 13.6. The lowest BCUT2D eigenvalue weighted by Gasteiger charge is -2.05. The lowest BCUT2D eigenvalue weighted by molar-refractivity contribution is 0.302. The maximum Gasteiger partial charge on any atom is 0.205 e. The van der Waals surface area contributed by atoms with Gasteiger partial charge < -0.3 is 10.1 Å². The Bertz CT molecular complexity index is 535. The molecule has 4 nitrogen and oxygen atoms in total. The standard InChI is InChI=1S/C11H11BrClN3OS/c1-2-14-11-16-15-10(18-11)6-17-9-4-3-7(13)5-8(9)12/h3-5H,2,6H2,1H3,(H,14,16). The summed E-state index contributed by atoms with van der Waals surface area (Å²) in [5.74, 6) is 0.736. The van der Waals surface area contributed by atoms with E-state index in [4.69, 9.17) is 16.3 Å². The van der Waals surface area contributed by atoms with E-state index in [1.165, 1.54) is 11.3 Å². The van der Waals surface area contributed by atoms with E-state index in [0.29, 0.717) is 11.6 Å². The summed E-state index contributed by atoms with van der Waals surface area (Å²) in [6.07, 6.45) is 0. The van der Waals surface area contributed by atoms with Gasteiger partial charge in [-0.3, -0.25) is 0 Å². The van der Waals surface area contributed by atoms with E-state index in [0.717, 1.165) is 26.9 Å². The fourth-order valence-corrected chi connectivity index (χ4v) is 2.78. The summed E-state index contributed by atoms with van der Waals surface area (Å²) in [6, 6.07) is 5.39. The number of halogens is 2. The molecule has 0 saturated carbocycles. The summed E-state index contributed by atoms with van der Waals surface area (Å²) in [5, 5.41) is 13.4. The minimum atomic E-state index is 0.392. The van der Waals surface area contributed by atoms with Crippen LogP contribution in [0, 0.1) is 0 Å². The van der Waals surface area contributed by atoms with E-state index in [1.807, 2.05) is 13.0 Å². The topological polar surface area (TPSA) is 47.0 Å². The maximum atomic E-state index is 5.86. The number of nitrogens with zero attached hydrogens (tertiary/aromatic N) is 2. The van der Waals surface area contributed by atoms with Gasteiger partial charge >= 0.3 is 0 Å². The zero-order valence-electron chi connectivity index (χ0n) is 9.61.